The Kier molecular flexibility index (Phi) is 4.99. The Morgan fingerprint density at radius 1 is 1.40 bits per heavy atom. The highest BCUT2D eigenvalue weighted by Gasteiger charge is 2.33. The molecular formula is C16H22N4O3S2. The minimum Gasteiger partial charge on any atom is -0.341 e. The van der Waals surface area contributed by atoms with Gasteiger partial charge < -0.3 is 4.90 Å². The van der Waals surface area contributed by atoms with Gasteiger partial charge in [-0.1, -0.05) is 6.92 Å². The molecular weight excluding hydrogens is 360 g/mol. The van der Waals surface area contributed by atoms with Gasteiger partial charge in [0.2, 0.25) is 15.9 Å². The first-order valence-electron chi connectivity index (χ1n) is 8.23. The third-order valence-electron chi connectivity index (χ3n) is 4.15. The van der Waals surface area contributed by atoms with Crippen LogP contribution in [0.15, 0.2) is 17.0 Å². The topological polar surface area (TPSA) is 95.2 Å². The molecule has 1 unspecified atom stereocenters. The second kappa shape index (κ2) is 6.89. The van der Waals surface area contributed by atoms with E-state index in [0.717, 1.165) is 22.7 Å². The van der Waals surface area contributed by atoms with Gasteiger partial charge in [0, 0.05) is 36.1 Å². The van der Waals surface area contributed by atoms with Crippen molar-refractivity contribution in [1.29, 1.82) is 0 Å². The highest BCUT2D eigenvalue weighted by atomic mass is 32.2. The van der Waals surface area contributed by atoms with E-state index in [1.165, 1.54) is 11.3 Å². The van der Waals surface area contributed by atoms with Gasteiger partial charge in [-0.25, -0.2) is 13.1 Å². The second-order valence-electron chi connectivity index (χ2n) is 6.33. The zero-order chi connectivity index (χ0) is 18.2. The molecule has 1 atom stereocenters. The predicted molar refractivity (Wildman–Crippen MR) is 97.0 cm³/mol. The number of thiophene rings is 1. The molecule has 3 heterocycles. The van der Waals surface area contributed by atoms with Gasteiger partial charge in [-0.3, -0.25) is 9.89 Å². The number of amides is 1. The normalized spacial score (nSPS) is 18.3. The summed E-state index contributed by atoms with van der Waals surface area (Å²) in [6, 6.07) is 3.16. The Bertz CT molecular complexity index is 885. The van der Waals surface area contributed by atoms with Gasteiger partial charge in [-0.15, -0.1) is 11.3 Å². The van der Waals surface area contributed by atoms with E-state index in [0.29, 0.717) is 18.0 Å². The zero-order valence-corrected chi connectivity index (χ0v) is 16.1. The molecule has 2 aromatic heterocycles. The molecule has 7 nitrogen and oxygen atoms in total. The largest absolute Gasteiger partial charge is 0.341 e. The molecule has 0 saturated carbocycles. The number of aromatic nitrogens is 2. The number of nitrogens with zero attached hydrogens (tertiary/aromatic N) is 2. The van der Waals surface area contributed by atoms with Crippen LogP contribution in [0.1, 0.15) is 30.3 Å². The fourth-order valence-electron chi connectivity index (χ4n) is 3.02. The van der Waals surface area contributed by atoms with Crippen molar-refractivity contribution < 1.29 is 13.2 Å². The first-order chi connectivity index (χ1) is 11.8. The van der Waals surface area contributed by atoms with Crippen LogP contribution in [0.4, 0.5) is 0 Å². The summed E-state index contributed by atoms with van der Waals surface area (Å²) >= 11 is 1.40. The molecule has 2 aromatic rings. The summed E-state index contributed by atoms with van der Waals surface area (Å²) in [6.45, 7) is 6.77. The smallest absolute Gasteiger partial charge is 0.242 e. The van der Waals surface area contributed by atoms with Crippen LogP contribution in [-0.2, 0) is 14.8 Å². The number of nitrogens with one attached hydrogen (secondary N) is 2. The molecule has 1 aliphatic heterocycles. The molecule has 1 fully saturated rings. The number of hydrogen-bond acceptors (Lipinski definition) is 5. The lowest BCUT2D eigenvalue weighted by molar-refractivity contribution is -0.127. The van der Waals surface area contributed by atoms with Crippen molar-refractivity contribution >= 4 is 27.3 Å². The molecule has 2 N–H and O–H groups in total. The summed E-state index contributed by atoms with van der Waals surface area (Å²) in [6.07, 6.45) is 1.08. The van der Waals surface area contributed by atoms with Gasteiger partial charge in [-0.2, -0.15) is 5.10 Å². The maximum atomic E-state index is 12.8. The van der Waals surface area contributed by atoms with Gasteiger partial charge in [0.25, 0.3) is 0 Å². The molecule has 0 aromatic carbocycles. The molecule has 136 valence electrons. The van der Waals surface area contributed by atoms with Crippen LogP contribution in [0, 0.1) is 13.8 Å². The number of likely N-dealkylation sites (tertiary alicyclic amines) is 1. The molecule has 1 amide bonds. The Labute approximate surface area is 151 Å². The third-order valence-corrected chi connectivity index (χ3v) is 7.00. The maximum absolute atomic E-state index is 12.8. The van der Waals surface area contributed by atoms with E-state index in [9.17, 15) is 13.2 Å². The summed E-state index contributed by atoms with van der Waals surface area (Å²) in [5.74, 6) is 0.00396. The van der Waals surface area contributed by atoms with E-state index in [1.54, 1.807) is 17.9 Å². The number of aromatic amines is 1. The van der Waals surface area contributed by atoms with E-state index in [1.807, 2.05) is 19.9 Å². The summed E-state index contributed by atoms with van der Waals surface area (Å²) in [7, 11) is -3.67. The van der Waals surface area contributed by atoms with E-state index in [-0.39, 0.29) is 23.3 Å². The SMILES string of the molecule is CCCN1CC(NS(=O)(=O)c2cc(-c3cc(C)[nH]n3)sc2C)CC1=O. The maximum Gasteiger partial charge on any atom is 0.242 e. The lowest BCUT2D eigenvalue weighted by Crippen LogP contribution is -2.37. The number of carbonyl (C=O) groups is 1. The highest BCUT2D eigenvalue weighted by Crippen LogP contribution is 2.33. The van der Waals surface area contributed by atoms with Crippen molar-refractivity contribution in [2.24, 2.45) is 0 Å². The van der Waals surface area contributed by atoms with Crippen LogP contribution in [0.2, 0.25) is 0 Å². The molecule has 0 bridgehead atoms. The minimum absolute atomic E-state index is 0.00396. The lowest BCUT2D eigenvalue weighted by atomic mass is 10.3. The van der Waals surface area contributed by atoms with Crippen molar-refractivity contribution in [3.63, 3.8) is 0 Å². The van der Waals surface area contributed by atoms with Crippen LogP contribution in [0.5, 0.6) is 0 Å². The Morgan fingerprint density at radius 2 is 2.16 bits per heavy atom. The number of H-pyrrole nitrogens is 1. The molecule has 0 spiro atoms. The van der Waals surface area contributed by atoms with E-state index < -0.39 is 10.0 Å². The van der Waals surface area contributed by atoms with Gasteiger partial charge in [-0.05, 0) is 32.4 Å². The number of aryl methyl sites for hydroxylation is 2. The van der Waals surface area contributed by atoms with Gasteiger partial charge >= 0.3 is 0 Å². The Morgan fingerprint density at radius 3 is 2.80 bits per heavy atom. The molecule has 1 aliphatic rings. The van der Waals surface area contributed by atoms with Crippen LogP contribution in [-0.4, -0.2) is 48.6 Å². The van der Waals surface area contributed by atoms with Gasteiger partial charge in [0.05, 0.1) is 9.77 Å². The fraction of sp³-hybridized carbons (Fsp3) is 0.500. The van der Waals surface area contributed by atoms with Crippen molar-refractivity contribution in [2.75, 3.05) is 13.1 Å². The van der Waals surface area contributed by atoms with Gasteiger partial charge in [0.1, 0.15) is 5.69 Å². The van der Waals surface area contributed by atoms with Gasteiger partial charge in [0.15, 0.2) is 0 Å². The Balaban J connectivity index is 1.79. The van der Waals surface area contributed by atoms with Crippen LogP contribution in [0.25, 0.3) is 10.6 Å². The first kappa shape index (κ1) is 18.1. The molecule has 25 heavy (non-hydrogen) atoms. The summed E-state index contributed by atoms with van der Waals surface area (Å²) in [5.41, 5.74) is 1.65. The average molecular weight is 383 g/mol. The predicted octanol–water partition coefficient (Wildman–Crippen LogP) is 2.04. The van der Waals surface area contributed by atoms with E-state index in [2.05, 4.69) is 14.9 Å². The lowest BCUT2D eigenvalue weighted by Gasteiger charge is -2.16. The molecule has 9 heteroatoms. The van der Waals surface area contributed by atoms with Crippen molar-refractivity contribution in [3.8, 4) is 10.6 Å². The summed E-state index contributed by atoms with van der Waals surface area (Å²) < 4.78 is 28.2. The summed E-state index contributed by atoms with van der Waals surface area (Å²) in [4.78, 5) is 15.4. The second-order valence-corrected chi connectivity index (χ2v) is 9.27. The monoisotopic (exact) mass is 382 g/mol. The van der Waals surface area contributed by atoms with Crippen molar-refractivity contribution in [1.82, 2.24) is 19.8 Å². The number of rotatable bonds is 6. The number of hydrogen-bond donors (Lipinski definition) is 2. The molecule has 0 radical (unpaired) electrons. The molecule has 0 aliphatic carbocycles. The van der Waals surface area contributed by atoms with Crippen LogP contribution >= 0.6 is 11.3 Å². The fourth-order valence-corrected chi connectivity index (χ4v) is 5.80. The number of sulfonamides is 1. The zero-order valence-electron chi connectivity index (χ0n) is 14.5. The van der Waals surface area contributed by atoms with Crippen molar-refractivity contribution in [2.45, 2.75) is 44.6 Å². The van der Waals surface area contributed by atoms with Crippen LogP contribution in [0.3, 0.4) is 0 Å². The number of carbonyl (C=O) groups excluding carboxylic acids is 1. The average Bonchev–Trinajstić information content (AvgIpc) is 3.20. The third kappa shape index (κ3) is 3.78. The van der Waals surface area contributed by atoms with E-state index >= 15 is 0 Å². The standard InChI is InChI=1S/C16H22N4O3S2/c1-4-5-20-9-12(7-16(20)21)19-25(22,23)15-8-14(24-11(15)3)13-6-10(2)17-18-13/h6,8,12,19H,4-5,7,9H2,1-3H3,(H,17,18). The molecule has 3 rings (SSSR count). The first-order valence-corrected chi connectivity index (χ1v) is 10.5. The Hall–Kier alpha value is -1.71. The van der Waals surface area contributed by atoms with Crippen LogP contribution < -0.4 is 4.72 Å². The summed E-state index contributed by atoms with van der Waals surface area (Å²) in [5, 5.41) is 7.05. The quantitative estimate of drug-likeness (QED) is 0.799. The molecule has 1 saturated heterocycles. The minimum atomic E-state index is -3.67. The van der Waals surface area contributed by atoms with E-state index in [4.69, 9.17) is 0 Å². The van der Waals surface area contributed by atoms with Crippen molar-refractivity contribution in [3.05, 3.63) is 22.7 Å². The highest BCUT2D eigenvalue weighted by molar-refractivity contribution is 7.89.